The lowest BCUT2D eigenvalue weighted by molar-refractivity contribution is 0.0665. The topological polar surface area (TPSA) is 83.6 Å². The highest BCUT2D eigenvalue weighted by atomic mass is 16.3. The van der Waals surface area contributed by atoms with Gasteiger partial charge in [0.05, 0.1) is 12.6 Å². The molecule has 1 aliphatic rings. The third-order valence-corrected chi connectivity index (χ3v) is 3.47. The van der Waals surface area contributed by atoms with Crippen LogP contribution < -0.4 is 0 Å². The van der Waals surface area contributed by atoms with Gasteiger partial charge < -0.3 is 10.0 Å². The Kier molecular flexibility index (Phi) is 2.90. The first-order valence-electron chi connectivity index (χ1n) is 6.31. The number of carbonyl (C=O) groups is 1. The van der Waals surface area contributed by atoms with E-state index in [4.69, 9.17) is 0 Å². The molecule has 3 heterocycles. The van der Waals surface area contributed by atoms with Gasteiger partial charge in [-0.2, -0.15) is 4.98 Å². The molecule has 1 atom stereocenters. The summed E-state index contributed by atoms with van der Waals surface area (Å²) >= 11 is 0. The summed E-state index contributed by atoms with van der Waals surface area (Å²) in [5, 5.41) is 13.5. The molecule has 0 radical (unpaired) electrons. The quantitative estimate of drug-likeness (QED) is 0.824. The second kappa shape index (κ2) is 4.58. The first kappa shape index (κ1) is 12.0. The summed E-state index contributed by atoms with van der Waals surface area (Å²) in [6.45, 7) is 2.51. The van der Waals surface area contributed by atoms with Gasteiger partial charge in [-0.3, -0.25) is 4.79 Å². The number of aliphatic hydroxyl groups excluding tert-OH is 1. The Morgan fingerprint density at radius 2 is 2.42 bits per heavy atom. The molecule has 7 heteroatoms. The molecule has 100 valence electrons. The van der Waals surface area contributed by atoms with Gasteiger partial charge in [0.1, 0.15) is 0 Å². The van der Waals surface area contributed by atoms with E-state index in [1.807, 2.05) is 13.0 Å². The Labute approximate surface area is 109 Å². The lowest BCUT2D eigenvalue weighted by Gasteiger charge is -2.21. The van der Waals surface area contributed by atoms with E-state index in [2.05, 4.69) is 15.1 Å². The Hall–Kier alpha value is -2.02. The average molecular weight is 261 g/mol. The maximum absolute atomic E-state index is 12.3. The van der Waals surface area contributed by atoms with E-state index in [1.54, 1.807) is 15.6 Å². The number of amides is 1. The minimum absolute atomic E-state index is 0.0175. The van der Waals surface area contributed by atoms with E-state index < -0.39 is 0 Å². The van der Waals surface area contributed by atoms with Gasteiger partial charge in [-0.15, -0.1) is 5.10 Å². The first-order chi connectivity index (χ1) is 9.20. The number of fused-ring (bicyclic) bond motifs is 1. The maximum Gasteiger partial charge on any atom is 0.293 e. The van der Waals surface area contributed by atoms with Crippen LogP contribution in [0.1, 0.15) is 29.2 Å². The zero-order chi connectivity index (χ0) is 13.4. The van der Waals surface area contributed by atoms with E-state index >= 15 is 0 Å². The molecule has 0 spiro atoms. The minimum atomic E-state index is -0.235. The Balaban J connectivity index is 1.95. The molecule has 1 unspecified atom stereocenters. The van der Waals surface area contributed by atoms with Gasteiger partial charge in [0.15, 0.2) is 0 Å². The zero-order valence-corrected chi connectivity index (χ0v) is 10.7. The number of hydrogen-bond acceptors (Lipinski definition) is 5. The van der Waals surface area contributed by atoms with Crippen LogP contribution in [0.25, 0.3) is 5.78 Å². The maximum atomic E-state index is 12.3. The molecule has 0 aliphatic carbocycles. The molecule has 1 N–H and O–H groups in total. The Morgan fingerprint density at radius 3 is 3.16 bits per heavy atom. The Bertz CT molecular complexity index is 624. The fraction of sp³-hybridized carbons (Fsp3) is 0.500. The van der Waals surface area contributed by atoms with Gasteiger partial charge in [0.2, 0.25) is 5.82 Å². The van der Waals surface area contributed by atoms with E-state index in [1.165, 1.54) is 0 Å². The highest BCUT2D eigenvalue weighted by molar-refractivity contribution is 5.91. The monoisotopic (exact) mass is 261 g/mol. The summed E-state index contributed by atoms with van der Waals surface area (Å²) in [5.41, 5.74) is 0.872. The number of rotatable bonds is 2. The molecule has 19 heavy (non-hydrogen) atoms. The number of aliphatic hydroxyl groups is 1. The van der Waals surface area contributed by atoms with Gasteiger partial charge in [0, 0.05) is 18.4 Å². The fourth-order valence-corrected chi connectivity index (χ4v) is 2.42. The van der Waals surface area contributed by atoms with Gasteiger partial charge in [0.25, 0.3) is 11.7 Å². The van der Waals surface area contributed by atoms with Crippen LogP contribution in [-0.4, -0.2) is 54.7 Å². The molecule has 0 saturated carbocycles. The molecule has 1 fully saturated rings. The normalized spacial score (nSPS) is 19.3. The number of hydrogen-bond donors (Lipinski definition) is 1. The van der Waals surface area contributed by atoms with Crippen molar-refractivity contribution >= 4 is 11.7 Å². The molecule has 1 aliphatic heterocycles. The highest BCUT2D eigenvalue weighted by Crippen LogP contribution is 2.18. The number of likely N-dealkylation sites (tertiary alicyclic amines) is 1. The third kappa shape index (κ3) is 1.95. The lowest BCUT2D eigenvalue weighted by atomic mass is 10.2. The zero-order valence-electron chi connectivity index (χ0n) is 10.7. The van der Waals surface area contributed by atoms with Crippen LogP contribution in [0.2, 0.25) is 0 Å². The number of nitrogens with zero attached hydrogens (tertiary/aromatic N) is 5. The molecular formula is C12H15N5O2. The smallest absolute Gasteiger partial charge is 0.293 e. The fourth-order valence-electron chi connectivity index (χ4n) is 2.42. The summed E-state index contributed by atoms with van der Waals surface area (Å²) < 4.78 is 1.55. The van der Waals surface area contributed by atoms with Gasteiger partial charge in [-0.1, -0.05) is 0 Å². The number of aryl methyl sites for hydroxylation is 1. The molecule has 1 saturated heterocycles. The van der Waals surface area contributed by atoms with Crippen LogP contribution in [0.4, 0.5) is 0 Å². The standard InChI is InChI=1S/C12H15N5O2/c1-8-4-5-13-12-14-10(15-17(8)12)11(19)16-6-2-3-9(16)7-18/h4-5,9,18H,2-3,6-7H2,1H3. The largest absolute Gasteiger partial charge is 0.394 e. The molecule has 2 aromatic rings. The van der Waals surface area contributed by atoms with Crippen LogP contribution in [0.15, 0.2) is 12.3 Å². The molecule has 3 rings (SSSR count). The summed E-state index contributed by atoms with van der Waals surface area (Å²) in [4.78, 5) is 22.2. The van der Waals surface area contributed by atoms with Crippen molar-refractivity contribution in [3.8, 4) is 0 Å². The van der Waals surface area contributed by atoms with E-state index in [-0.39, 0.29) is 24.4 Å². The van der Waals surface area contributed by atoms with Crippen LogP contribution in [0.3, 0.4) is 0 Å². The van der Waals surface area contributed by atoms with Gasteiger partial charge in [-0.25, -0.2) is 9.50 Å². The van der Waals surface area contributed by atoms with Crippen molar-refractivity contribution in [2.75, 3.05) is 13.2 Å². The van der Waals surface area contributed by atoms with Crippen LogP contribution >= 0.6 is 0 Å². The number of aromatic nitrogens is 4. The van der Waals surface area contributed by atoms with E-state index in [0.717, 1.165) is 18.5 Å². The predicted octanol–water partition coefficient (Wildman–Crippen LogP) is 0.0296. The van der Waals surface area contributed by atoms with Gasteiger partial charge in [-0.05, 0) is 25.8 Å². The molecular weight excluding hydrogens is 246 g/mol. The summed E-state index contributed by atoms with van der Waals surface area (Å²) in [6, 6.07) is 1.69. The second-order valence-electron chi connectivity index (χ2n) is 4.71. The van der Waals surface area contributed by atoms with Crippen LogP contribution in [-0.2, 0) is 0 Å². The molecule has 1 amide bonds. The van der Waals surface area contributed by atoms with Gasteiger partial charge >= 0.3 is 0 Å². The van der Waals surface area contributed by atoms with Crippen LogP contribution in [0, 0.1) is 6.92 Å². The lowest BCUT2D eigenvalue weighted by Crippen LogP contribution is -2.38. The summed E-state index contributed by atoms with van der Waals surface area (Å²) in [5.74, 6) is 0.326. The molecule has 7 nitrogen and oxygen atoms in total. The summed E-state index contributed by atoms with van der Waals surface area (Å²) in [6.07, 6.45) is 3.37. The van der Waals surface area contributed by atoms with Crippen molar-refractivity contribution in [3.05, 3.63) is 23.8 Å². The minimum Gasteiger partial charge on any atom is -0.394 e. The van der Waals surface area contributed by atoms with Crippen molar-refractivity contribution < 1.29 is 9.90 Å². The second-order valence-corrected chi connectivity index (χ2v) is 4.71. The average Bonchev–Trinajstić information content (AvgIpc) is 3.04. The number of carbonyl (C=O) groups excluding carboxylic acids is 1. The van der Waals surface area contributed by atoms with Crippen molar-refractivity contribution in [1.82, 2.24) is 24.5 Å². The van der Waals surface area contributed by atoms with Crippen molar-refractivity contribution in [1.29, 1.82) is 0 Å². The molecule has 0 aromatic carbocycles. The predicted molar refractivity (Wildman–Crippen MR) is 66.7 cm³/mol. The van der Waals surface area contributed by atoms with E-state index in [9.17, 15) is 9.90 Å². The third-order valence-electron chi connectivity index (χ3n) is 3.47. The first-order valence-corrected chi connectivity index (χ1v) is 6.31. The summed E-state index contributed by atoms with van der Waals surface area (Å²) in [7, 11) is 0. The SMILES string of the molecule is Cc1ccnc2nc(C(=O)N3CCCC3CO)nn12. The highest BCUT2D eigenvalue weighted by Gasteiger charge is 2.31. The Morgan fingerprint density at radius 1 is 1.58 bits per heavy atom. The van der Waals surface area contributed by atoms with Crippen molar-refractivity contribution in [3.63, 3.8) is 0 Å². The van der Waals surface area contributed by atoms with E-state index in [0.29, 0.717) is 12.3 Å². The van der Waals surface area contributed by atoms with Crippen molar-refractivity contribution in [2.45, 2.75) is 25.8 Å². The molecule has 2 aromatic heterocycles. The van der Waals surface area contributed by atoms with Crippen molar-refractivity contribution in [2.24, 2.45) is 0 Å². The molecule has 0 bridgehead atoms. The van der Waals surface area contributed by atoms with Crippen LogP contribution in [0.5, 0.6) is 0 Å².